The zero-order chi connectivity index (χ0) is 18.7. The van der Waals surface area contributed by atoms with Gasteiger partial charge in [0.25, 0.3) is 5.56 Å². The van der Waals surface area contributed by atoms with Crippen molar-refractivity contribution in [2.45, 2.75) is 30.7 Å². The van der Waals surface area contributed by atoms with E-state index < -0.39 is 22.9 Å². The summed E-state index contributed by atoms with van der Waals surface area (Å²) in [6.07, 6.45) is 0. The third kappa shape index (κ3) is 4.32. The molecule has 2 heterocycles. The Morgan fingerprint density at radius 2 is 1.96 bits per heavy atom. The molecule has 0 aliphatic carbocycles. The summed E-state index contributed by atoms with van der Waals surface area (Å²) in [6.45, 7) is 3.80. The zero-order valence-corrected chi connectivity index (χ0v) is 14.9. The largest absolute Gasteiger partial charge is 0.479 e. The maximum atomic E-state index is 14.3. The minimum Gasteiger partial charge on any atom is -0.479 e. The van der Waals surface area contributed by atoms with Crippen molar-refractivity contribution in [2.75, 3.05) is 0 Å². The van der Waals surface area contributed by atoms with Gasteiger partial charge >= 0.3 is 0 Å². The molecule has 0 spiro atoms. The number of thioether (sulfide) groups is 1. The maximum absolute atomic E-state index is 14.3. The highest BCUT2D eigenvalue weighted by atomic mass is 32.2. The van der Waals surface area contributed by atoms with Crippen LogP contribution in [0, 0.1) is 11.6 Å². The van der Waals surface area contributed by atoms with Gasteiger partial charge in [0.15, 0.2) is 23.1 Å². The minimum absolute atomic E-state index is 0.137. The number of rotatable bonds is 6. The number of aromatic amines is 1. The summed E-state index contributed by atoms with van der Waals surface area (Å²) in [5.41, 5.74) is 0.327. The van der Waals surface area contributed by atoms with Crippen LogP contribution in [0.2, 0.25) is 0 Å². The van der Waals surface area contributed by atoms with Crippen LogP contribution in [0.1, 0.15) is 19.6 Å². The van der Waals surface area contributed by atoms with E-state index >= 15 is 0 Å². The molecule has 1 aromatic carbocycles. The molecule has 3 aromatic rings. The number of hydrogen-bond donors (Lipinski definition) is 1. The SMILES string of the molecule is CC(C)Sc1cccc(-c2cc(F)c(OCc3cc(=O)[nH]o3)c(F)c2)n1. The van der Waals surface area contributed by atoms with Crippen molar-refractivity contribution in [3.8, 4) is 17.0 Å². The molecule has 0 radical (unpaired) electrons. The normalized spacial score (nSPS) is 11.1. The van der Waals surface area contributed by atoms with Gasteiger partial charge in [0.1, 0.15) is 6.61 Å². The molecule has 0 amide bonds. The summed E-state index contributed by atoms with van der Waals surface area (Å²) in [5.74, 6) is -2.12. The lowest BCUT2D eigenvalue weighted by atomic mass is 10.1. The van der Waals surface area contributed by atoms with Crippen molar-refractivity contribution in [3.63, 3.8) is 0 Å². The molecule has 5 nitrogen and oxygen atoms in total. The first-order valence-electron chi connectivity index (χ1n) is 7.85. The highest BCUT2D eigenvalue weighted by Gasteiger charge is 2.16. The fraction of sp³-hybridized carbons (Fsp3) is 0.222. The van der Waals surface area contributed by atoms with Crippen molar-refractivity contribution < 1.29 is 18.0 Å². The van der Waals surface area contributed by atoms with Gasteiger partial charge in [-0.15, -0.1) is 11.8 Å². The third-order valence-electron chi connectivity index (χ3n) is 3.31. The number of halogens is 2. The first-order valence-corrected chi connectivity index (χ1v) is 8.73. The van der Waals surface area contributed by atoms with Crippen LogP contribution < -0.4 is 10.3 Å². The van der Waals surface area contributed by atoms with Gasteiger partial charge in [-0.25, -0.2) is 13.8 Å². The lowest BCUT2D eigenvalue weighted by molar-refractivity contribution is 0.230. The quantitative estimate of drug-likeness (QED) is 0.645. The molecule has 1 N–H and O–H groups in total. The molecule has 0 aliphatic heterocycles. The molecule has 0 fully saturated rings. The molecule has 26 heavy (non-hydrogen) atoms. The highest BCUT2D eigenvalue weighted by molar-refractivity contribution is 7.99. The first-order chi connectivity index (χ1) is 12.4. The van der Waals surface area contributed by atoms with Gasteiger partial charge in [-0.3, -0.25) is 4.79 Å². The van der Waals surface area contributed by atoms with Crippen LogP contribution in [-0.2, 0) is 6.61 Å². The maximum Gasteiger partial charge on any atom is 0.280 e. The van der Waals surface area contributed by atoms with Gasteiger partial charge in [-0.1, -0.05) is 19.9 Å². The fourth-order valence-corrected chi connectivity index (χ4v) is 3.05. The second-order valence-electron chi connectivity index (χ2n) is 5.76. The van der Waals surface area contributed by atoms with Gasteiger partial charge in [0.2, 0.25) is 0 Å². The molecule has 0 saturated carbocycles. The second-order valence-corrected chi connectivity index (χ2v) is 7.36. The third-order valence-corrected chi connectivity index (χ3v) is 4.25. The molecular weight excluding hydrogens is 362 g/mol. The van der Waals surface area contributed by atoms with Crippen molar-refractivity contribution in [1.82, 2.24) is 10.1 Å². The van der Waals surface area contributed by atoms with E-state index in [1.54, 1.807) is 23.9 Å². The summed E-state index contributed by atoms with van der Waals surface area (Å²) < 4.78 is 38.5. The van der Waals surface area contributed by atoms with Gasteiger partial charge < -0.3 is 9.26 Å². The Balaban J connectivity index is 1.83. The molecule has 136 valence electrons. The Morgan fingerprint density at radius 3 is 2.58 bits per heavy atom. The fourth-order valence-electron chi connectivity index (χ4n) is 2.26. The number of benzene rings is 1. The van der Waals surface area contributed by atoms with E-state index in [0.717, 1.165) is 23.2 Å². The van der Waals surface area contributed by atoms with Gasteiger partial charge in [0.05, 0.1) is 16.8 Å². The van der Waals surface area contributed by atoms with E-state index in [-0.39, 0.29) is 12.4 Å². The van der Waals surface area contributed by atoms with Crippen molar-refractivity contribution in [3.05, 3.63) is 64.1 Å². The lowest BCUT2D eigenvalue weighted by Crippen LogP contribution is -2.01. The Labute approximate surface area is 152 Å². The first kappa shape index (κ1) is 18.2. The van der Waals surface area contributed by atoms with E-state index in [2.05, 4.69) is 10.1 Å². The lowest BCUT2D eigenvalue weighted by Gasteiger charge is -2.10. The molecule has 0 unspecified atom stereocenters. The van der Waals surface area contributed by atoms with Crippen LogP contribution in [0.4, 0.5) is 8.78 Å². The number of H-pyrrole nitrogens is 1. The van der Waals surface area contributed by atoms with Crippen LogP contribution >= 0.6 is 11.8 Å². The topological polar surface area (TPSA) is 68.1 Å². The Hall–Kier alpha value is -2.61. The predicted molar refractivity (Wildman–Crippen MR) is 94.2 cm³/mol. The average molecular weight is 378 g/mol. The van der Waals surface area contributed by atoms with E-state index in [0.29, 0.717) is 16.5 Å². The predicted octanol–water partition coefficient (Wildman–Crippen LogP) is 4.39. The smallest absolute Gasteiger partial charge is 0.280 e. The van der Waals surface area contributed by atoms with Gasteiger partial charge in [0, 0.05) is 10.8 Å². The van der Waals surface area contributed by atoms with Crippen molar-refractivity contribution in [1.29, 1.82) is 0 Å². The van der Waals surface area contributed by atoms with Crippen LogP contribution in [0.15, 0.2) is 50.7 Å². The summed E-state index contributed by atoms with van der Waals surface area (Å²) in [4.78, 5) is 15.4. The zero-order valence-electron chi connectivity index (χ0n) is 14.1. The minimum atomic E-state index is -0.860. The summed E-state index contributed by atoms with van der Waals surface area (Å²) in [5, 5.41) is 3.20. The molecule has 8 heteroatoms. The van der Waals surface area contributed by atoms with Crippen LogP contribution in [-0.4, -0.2) is 15.4 Å². The molecule has 0 bridgehead atoms. The molecule has 2 aromatic heterocycles. The number of hydrogen-bond acceptors (Lipinski definition) is 5. The van der Waals surface area contributed by atoms with E-state index in [9.17, 15) is 13.6 Å². The van der Waals surface area contributed by atoms with Crippen LogP contribution in [0.3, 0.4) is 0 Å². The Kier molecular flexibility index (Phi) is 5.41. The van der Waals surface area contributed by atoms with E-state index in [1.807, 2.05) is 19.9 Å². The average Bonchev–Trinajstić information content (AvgIpc) is 2.99. The highest BCUT2D eigenvalue weighted by Crippen LogP contribution is 2.30. The molecule has 3 rings (SSSR count). The van der Waals surface area contributed by atoms with E-state index in [4.69, 9.17) is 9.26 Å². The number of nitrogens with zero attached hydrogens (tertiary/aromatic N) is 1. The number of pyridine rings is 1. The standard InChI is InChI=1S/C18H16F2N2O3S/c1-10(2)26-17-5-3-4-15(21-17)11-6-13(19)18(14(20)7-11)24-9-12-8-16(23)22-25-12/h3-8,10H,9H2,1-2H3,(H,22,23). The summed E-state index contributed by atoms with van der Waals surface area (Å²) in [6, 6.07) is 8.81. The molecule has 0 atom stereocenters. The van der Waals surface area contributed by atoms with Crippen molar-refractivity contribution in [2.24, 2.45) is 0 Å². The molecular formula is C18H16F2N2O3S. The molecule has 0 saturated heterocycles. The number of nitrogens with one attached hydrogen (secondary N) is 1. The Bertz CT molecular complexity index is 946. The summed E-state index contributed by atoms with van der Waals surface area (Å²) in [7, 11) is 0. The van der Waals surface area contributed by atoms with Crippen LogP contribution in [0.25, 0.3) is 11.3 Å². The van der Waals surface area contributed by atoms with Gasteiger partial charge in [-0.2, -0.15) is 5.16 Å². The van der Waals surface area contributed by atoms with Crippen molar-refractivity contribution >= 4 is 11.8 Å². The number of ether oxygens (including phenoxy) is 1. The van der Waals surface area contributed by atoms with Crippen LogP contribution in [0.5, 0.6) is 5.75 Å². The Morgan fingerprint density at radius 1 is 1.23 bits per heavy atom. The van der Waals surface area contributed by atoms with Gasteiger partial charge in [-0.05, 0) is 24.3 Å². The van der Waals surface area contributed by atoms with E-state index in [1.165, 1.54) is 0 Å². The second kappa shape index (κ2) is 7.74. The summed E-state index contributed by atoms with van der Waals surface area (Å²) >= 11 is 1.56. The molecule has 0 aliphatic rings. The monoisotopic (exact) mass is 378 g/mol. The number of aromatic nitrogens is 2.